The van der Waals surface area contributed by atoms with Crippen molar-refractivity contribution in [2.45, 2.75) is 13.8 Å². The first-order valence-electron chi connectivity index (χ1n) is 4.29. The maximum Gasteiger partial charge on any atom is 0.171 e. The molecule has 0 atom stereocenters. The predicted octanol–water partition coefficient (Wildman–Crippen LogP) is 2.52. The molecule has 0 bridgehead atoms. The van der Waals surface area contributed by atoms with Crippen LogP contribution in [0.15, 0.2) is 18.2 Å². The Kier molecular flexibility index (Phi) is 3.30. The van der Waals surface area contributed by atoms with Crippen molar-refractivity contribution in [2.75, 3.05) is 17.6 Å². The fraction of sp³-hybridized carbons (Fsp3) is 0.300. The number of ketones is 1. The van der Waals surface area contributed by atoms with Crippen LogP contribution in [0.5, 0.6) is 0 Å². The highest BCUT2D eigenvalue weighted by Gasteiger charge is 2.09. The van der Waals surface area contributed by atoms with E-state index in [1.807, 2.05) is 6.92 Å². The van der Waals surface area contributed by atoms with Gasteiger partial charge < -0.3 is 11.1 Å². The van der Waals surface area contributed by atoms with Crippen LogP contribution in [0, 0.1) is 0 Å². The van der Waals surface area contributed by atoms with Gasteiger partial charge in [0, 0.05) is 13.5 Å². The molecule has 3 nitrogen and oxygen atoms in total. The Balaban J connectivity index is 2.76. The summed E-state index contributed by atoms with van der Waals surface area (Å²) in [5.41, 5.74) is 7.27. The number of rotatable bonds is 4. The molecular weight excluding hydrogens is 196 g/mol. The topological polar surface area (TPSA) is 55.1 Å². The van der Waals surface area contributed by atoms with Crippen molar-refractivity contribution in [3.8, 4) is 0 Å². The van der Waals surface area contributed by atoms with Crippen LogP contribution in [0.3, 0.4) is 0 Å². The second kappa shape index (κ2) is 4.28. The Hall–Kier alpha value is -1.29. The zero-order valence-corrected chi connectivity index (χ0v) is 9.20. The molecular formula is C10H14N2OS. The van der Waals surface area contributed by atoms with Gasteiger partial charge in [0.2, 0.25) is 0 Å². The summed E-state index contributed by atoms with van der Waals surface area (Å²) in [6.45, 7) is 7.94. The Morgan fingerprint density at radius 2 is 2.29 bits per heavy atom. The van der Waals surface area contributed by atoms with Crippen molar-refractivity contribution in [1.82, 2.24) is 0 Å². The van der Waals surface area contributed by atoms with Crippen LogP contribution < -0.4 is 11.1 Å². The summed E-state index contributed by atoms with van der Waals surface area (Å²) in [6.07, 6.45) is 0. The van der Waals surface area contributed by atoms with Crippen molar-refractivity contribution in [3.05, 3.63) is 23.1 Å². The van der Waals surface area contributed by atoms with Crippen molar-refractivity contribution < 1.29 is 4.79 Å². The molecule has 0 spiro atoms. The molecule has 0 saturated carbocycles. The van der Waals surface area contributed by atoms with Gasteiger partial charge in [-0.2, -0.15) is 0 Å². The number of thiophene rings is 1. The molecule has 76 valence electrons. The summed E-state index contributed by atoms with van der Waals surface area (Å²) in [4.78, 5) is 11.7. The lowest BCUT2D eigenvalue weighted by molar-refractivity contribution is 0.102. The van der Waals surface area contributed by atoms with Gasteiger partial charge in [0.1, 0.15) is 0 Å². The van der Waals surface area contributed by atoms with E-state index in [-0.39, 0.29) is 5.78 Å². The van der Waals surface area contributed by atoms with E-state index in [4.69, 9.17) is 5.73 Å². The second-order valence-electron chi connectivity index (χ2n) is 3.26. The minimum atomic E-state index is 0.0101. The van der Waals surface area contributed by atoms with E-state index in [1.54, 1.807) is 6.07 Å². The van der Waals surface area contributed by atoms with Crippen molar-refractivity contribution in [2.24, 2.45) is 0 Å². The second-order valence-corrected chi connectivity index (χ2v) is 4.31. The molecule has 0 fully saturated rings. The highest BCUT2D eigenvalue weighted by atomic mass is 32.1. The third-order valence-electron chi connectivity index (χ3n) is 1.64. The minimum absolute atomic E-state index is 0.0101. The number of carbonyl (C=O) groups excluding carboxylic acids is 1. The van der Waals surface area contributed by atoms with Crippen LogP contribution >= 0.6 is 11.3 Å². The van der Waals surface area contributed by atoms with Crippen molar-refractivity contribution >= 4 is 27.8 Å². The molecule has 0 radical (unpaired) electrons. The molecule has 0 unspecified atom stereocenters. The van der Waals surface area contributed by atoms with Crippen LogP contribution in [-0.2, 0) is 0 Å². The normalized spacial score (nSPS) is 9.86. The number of nitrogens with two attached hydrogens (primary N) is 1. The Bertz CT molecular complexity index is 368. The number of carbonyl (C=O) groups is 1. The molecule has 0 amide bonds. The van der Waals surface area contributed by atoms with E-state index >= 15 is 0 Å². The molecule has 0 aliphatic rings. The highest BCUT2D eigenvalue weighted by Crippen LogP contribution is 2.29. The van der Waals surface area contributed by atoms with Crippen LogP contribution in [0.1, 0.15) is 23.5 Å². The first-order valence-corrected chi connectivity index (χ1v) is 5.11. The Morgan fingerprint density at radius 1 is 1.64 bits per heavy atom. The molecule has 1 aromatic heterocycles. The first-order chi connectivity index (χ1) is 6.50. The van der Waals surface area contributed by atoms with Gasteiger partial charge in [-0.15, -0.1) is 11.3 Å². The molecule has 3 N–H and O–H groups in total. The summed E-state index contributed by atoms with van der Waals surface area (Å²) < 4.78 is 0. The van der Waals surface area contributed by atoms with Crippen molar-refractivity contribution in [3.63, 3.8) is 0 Å². The monoisotopic (exact) mass is 210 g/mol. The summed E-state index contributed by atoms with van der Waals surface area (Å²) in [5.74, 6) is 0.0101. The van der Waals surface area contributed by atoms with Gasteiger partial charge in [-0.1, -0.05) is 12.2 Å². The zero-order chi connectivity index (χ0) is 10.7. The lowest BCUT2D eigenvalue weighted by Crippen LogP contribution is -1.99. The summed E-state index contributed by atoms with van der Waals surface area (Å²) in [5, 5.41) is 4.06. The molecule has 1 rings (SSSR count). The van der Waals surface area contributed by atoms with Gasteiger partial charge in [0.25, 0.3) is 0 Å². The zero-order valence-electron chi connectivity index (χ0n) is 8.39. The third kappa shape index (κ3) is 2.60. The number of hydrogen-bond donors (Lipinski definition) is 2. The Labute approximate surface area is 87.6 Å². The van der Waals surface area contributed by atoms with Gasteiger partial charge in [-0.25, -0.2) is 0 Å². The van der Waals surface area contributed by atoms with E-state index < -0.39 is 0 Å². The van der Waals surface area contributed by atoms with Crippen LogP contribution in [-0.4, -0.2) is 12.3 Å². The quantitative estimate of drug-likeness (QED) is 0.593. The van der Waals surface area contributed by atoms with Gasteiger partial charge in [0.15, 0.2) is 5.78 Å². The summed E-state index contributed by atoms with van der Waals surface area (Å²) in [6, 6.07) is 1.78. The highest BCUT2D eigenvalue weighted by molar-refractivity contribution is 7.18. The number of nitrogen functional groups attached to an aromatic ring is 1. The SMILES string of the molecule is C=C(C)CNc1cc(N)c(C(C)=O)s1. The average molecular weight is 210 g/mol. The van der Waals surface area contributed by atoms with Crippen LogP contribution in [0.4, 0.5) is 10.7 Å². The minimum Gasteiger partial charge on any atom is -0.397 e. The number of hydrogen-bond acceptors (Lipinski definition) is 4. The number of anilines is 2. The molecule has 1 aromatic rings. The van der Waals surface area contributed by atoms with E-state index in [0.29, 0.717) is 17.1 Å². The van der Waals surface area contributed by atoms with E-state index in [9.17, 15) is 4.79 Å². The smallest absolute Gasteiger partial charge is 0.171 e. The largest absolute Gasteiger partial charge is 0.397 e. The predicted molar refractivity (Wildman–Crippen MR) is 62.0 cm³/mol. The lowest BCUT2D eigenvalue weighted by atomic mass is 10.3. The lowest BCUT2D eigenvalue weighted by Gasteiger charge is -2.00. The number of Topliss-reactive ketones (excluding diaryl/α,β-unsaturated/α-hetero) is 1. The maximum absolute atomic E-state index is 11.1. The molecule has 1 heterocycles. The van der Waals surface area contributed by atoms with Crippen LogP contribution in [0.2, 0.25) is 0 Å². The molecule has 0 saturated heterocycles. The van der Waals surface area contributed by atoms with E-state index in [0.717, 1.165) is 10.6 Å². The standard InChI is InChI=1S/C10H14N2OS/c1-6(2)5-12-9-4-8(11)10(14-9)7(3)13/h4,12H,1,5,11H2,2-3H3. The molecule has 4 heteroatoms. The fourth-order valence-corrected chi connectivity index (χ4v) is 1.88. The summed E-state index contributed by atoms with van der Waals surface area (Å²) in [7, 11) is 0. The molecule has 0 aliphatic heterocycles. The van der Waals surface area contributed by atoms with Crippen molar-refractivity contribution in [1.29, 1.82) is 0 Å². The van der Waals surface area contributed by atoms with Gasteiger partial charge >= 0.3 is 0 Å². The van der Waals surface area contributed by atoms with E-state index in [2.05, 4.69) is 11.9 Å². The Morgan fingerprint density at radius 3 is 2.71 bits per heavy atom. The van der Waals surface area contributed by atoms with Gasteiger partial charge in [-0.05, 0) is 13.0 Å². The van der Waals surface area contributed by atoms with Crippen LogP contribution in [0.25, 0.3) is 0 Å². The fourth-order valence-electron chi connectivity index (χ4n) is 1.01. The van der Waals surface area contributed by atoms with Gasteiger partial charge in [0.05, 0.1) is 15.6 Å². The van der Waals surface area contributed by atoms with E-state index in [1.165, 1.54) is 18.3 Å². The maximum atomic E-state index is 11.1. The third-order valence-corrected chi connectivity index (χ3v) is 2.85. The number of nitrogens with one attached hydrogen (secondary N) is 1. The molecule has 14 heavy (non-hydrogen) atoms. The molecule has 0 aliphatic carbocycles. The average Bonchev–Trinajstić information content (AvgIpc) is 2.43. The molecule has 0 aromatic carbocycles. The summed E-state index contributed by atoms with van der Waals surface area (Å²) >= 11 is 1.38. The first kappa shape index (κ1) is 10.8. The van der Waals surface area contributed by atoms with Gasteiger partial charge in [-0.3, -0.25) is 4.79 Å².